The lowest BCUT2D eigenvalue weighted by Crippen LogP contribution is -2.42. The number of nitrogens with two attached hydrogens (primary N) is 1. The number of benzene rings is 1. The van der Waals surface area contributed by atoms with Gasteiger partial charge >= 0.3 is 10.3 Å². The molecule has 1 saturated carbocycles. The molecular weight excluding hydrogens is 350 g/mol. The minimum atomic E-state index is -4.01. The molecule has 1 aromatic carbocycles. The molecule has 1 aromatic rings. The van der Waals surface area contributed by atoms with Gasteiger partial charge in [0.2, 0.25) is 0 Å². The number of carbonyl (C=O) groups is 1. The lowest BCUT2D eigenvalue weighted by Gasteiger charge is -2.51. The van der Waals surface area contributed by atoms with Crippen molar-refractivity contribution in [1.29, 1.82) is 0 Å². The molecule has 0 radical (unpaired) electrons. The summed E-state index contributed by atoms with van der Waals surface area (Å²) in [6.07, 6.45) is 6.89. The summed E-state index contributed by atoms with van der Waals surface area (Å²) in [6.45, 7) is 6.43. The van der Waals surface area contributed by atoms with Gasteiger partial charge in [-0.15, -0.1) is 0 Å². The molecule has 0 aliphatic heterocycles. The summed E-state index contributed by atoms with van der Waals surface area (Å²) >= 11 is 0. The van der Waals surface area contributed by atoms with Gasteiger partial charge in [-0.1, -0.05) is 26.0 Å². The van der Waals surface area contributed by atoms with E-state index in [9.17, 15) is 13.2 Å². The molecule has 0 amide bonds. The van der Waals surface area contributed by atoms with Crippen LogP contribution in [0.5, 0.6) is 5.75 Å². The summed E-state index contributed by atoms with van der Waals surface area (Å²) in [4.78, 5) is 11.6. The zero-order chi connectivity index (χ0) is 19.1. The first-order chi connectivity index (χ1) is 12.2. The van der Waals surface area contributed by atoms with E-state index in [2.05, 4.69) is 13.8 Å². The second kappa shape index (κ2) is 6.82. The third-order valence-electron chi connectivity index (χ3n) is 6.71. The van der Waals surface area contributed by atoms with E-state index in [4.69, 9.17) is 9.32 Å². The molecule has 2 aliphatic carbocycles. The molecule has 0 heterocycles. The third-order valence-corrected chi connectivity index (χ3v) is 7.13. The Kier molecular flexibility index (Phi) is 5.01. The number of allylic oxidation sites excluding steroid dienone is 2. The van der Waals surface area contributed by atoms with E-state index in [-0.39, 0.29) is 11.2 Å². The van der Waals surface area contributed by atoms with Gasteiger partial charge in [-0.2, -0.15) is 13.6 Å². The van der Waals surface area contributed by atoms with Crippen molar-refractivity contribution in [2.75, 3.05) is 0 Å². The summed E-state index contributed by atoms with van der Waals surface area (Å²) in [5.41, 5.74) is 3.26. The molecule has 0 spiro atoms. The summed E-state index contributed by atoms with van der Waals surface area (Å²) < 4.78 is 27.1. The molecule has 3 rings (SSSR count). The topological polar surface area (TPSA) is 86.5 Å². The molecule has 142 valence electrons. The van der Waals surface area contributed by atoms with Crippen LogP contribution in [-0.4, -0.2) is 14.7 Å². The third kappa shape index (κ3) is 3.32. The maximum Gasteiger partial charge on any atom is 0.380 e. The SMILES string of the molecule is C/C=C(/C=O)C1(C)CCC2c3ccc(OS(N)(=O)=O)cc3CCC2C1C. The lowest BCUT2D eigenvalue weighted by atomic mass is 9.53. The van der Waals surface area contributed by atoms with Crippen molar-refractivity contribution in [1.82, 2.24) is 0 Å². The monoisotopic (exact) mass is 377 g/mol. The van der Waals surface area contributed by atoms with Gasteiger partial charge in [0.05, 0.1) is 0 Å². The van der Waals surface area contributed by atoms with Crippen molar-refractivity contribution in [2.45, 2.75) is 52.4 Å². The van der Waals surface area contributed by atoms with Gasteiger partial charge in [0.25, 0.3) is 0 Å². The smallest absolute Gasteiger partial charge is 0.371 e. The number of aldehydes is 1. The highest BCUT2D eigenvalue weighted by Gasteiger charge is 2.47. The van der Waals surface area contributed by atoms with Crippen LogP contribution in [-0.2, 0) is 21.5 Å². The van der Waals surface area contributed by atoms with E-state index in [0.29, 0.717) is 17.8 Å². The molecule has 2 N–H and O–H groups in total. The number of aryl methyl sites for hydroxylation is 1. The highest BCUT2D eigenvalue weighted by Crippen LogP contribution is 2.56. The molecule has 5 nitrogen and oxygen atoms in total. The van der Waals surface area contributed by atoms with Crippen LogP contribution in [0.2, 0.25) is 0 Å². The Morgan fingerprint density at radius 2 is 2.08 bits per heavy atom. The molecular formula is C20H27NO4S. The number of carbonyl (C=O) groups excluding carboxylic acids is 1. The highest BCUT2D eigenvalue weighted by molar-refractivity contribution is 7.84. The van der Waals surface area contributed by atoms with Crippen LogP contribution in [0.15, 0.2) is 29.8 Å². The quantitative estimate of drug-likeness (QED) is 0.643. The van der Waals surface area contributed by atoms with Gasteiger partial charge in [-0.3, -0.25) is 4.79 Å². The predicted octanol–water partition coefficient (Wildman–Crippen LogP) is 3.50. The molecule has 0 saturated heterocycles. The first-order valence-electron chi connectivity index (χ1n) is 9.16. The summed E-state index contributed by atoms with van der Waals surface area (Å²) in [5, 5.41) is 4.97. The van der Waals surface area contributed by atoms with Crippen LogP contribution in [0.3, 0.4) is 0 Å². The largest absolute Gasteiger partial charge is 0.380 e. The fourth-order valence-corrected chi connectivity index (χ4v) is 5.54. The van der Waals surface area contributed by atoms with Gasteiger partial charge in [0.1, 0.15) is 12.0 Å². The van der Waals surface area contributed by atoms with Gasteiger partial charge in [-0.05, 0) is 84.6 Å². The van der Waals surface area contributed by atoms with Crippen molar-refractivity contribution in [2.24, 2.45) is 22.4 Å². The standard InChI is InChI=1S/C20H27NO4S/c1-4-15(12-22)20(3)10-9-19-17(13(20)2)7-5-14-11-16(6-8-18(14)19)25-26(21,23)24/h4,6,8,11-13,17,19H,5,7,9-10H2,1-3H3,(H2,21,23,24)/b15-4-. The fourth-order valence-electron chi connectivity index (χ4n) is 5.16. The first kappa shape index (κ1) is 19.1. The Morgan fingerprint density at radius 3 is 2.69 bits per heavy atom. The van der Waals surface area contributed by atoms with Crippen molar-refractivity contribution >= 4 is 16.6 Å². The number of fused-ring (bicyclic) bond motifs is 3. The molecule has 0 bridgehead atoms. The maximum atomic E-state index is 11.6. The average Bonchev–Trinajstić information content (AvgIpc) is 2.57. The van der Waals surface area contributed by atoms with E-state index >= 15 is 0 Å². The predicted molar refractivity (Wildman–Crippen MR) is 101 cm³/mol. The second-order valence-corrected chi connectivity index (χ2v) is 9.00. The highest BCUT2D eigenvalue weighted by atomic mass is 32.2. The van der Waals surface area contributed by atoms with Crippen molar-refractivity contribution in [3.63, 3.8) is 0 Å². The summed E-state index contributed by atoms with van der Waals surface area (Å²) in [7, 11) is -4.01. The van der Waals surface area contributed by atoms with Crippen LogP contribution < -0.4 is 9.32 Å². The first-order valence-corrected chi connectivity index (χ1v) is 10.6. The van der Waals surface area contributed by atoms with Crippen LogP contribution >= 0.6 is 0 Å². The zero-order valence-electron chi connectivity index (χ0n) is 15.6. The summed E-state index contributed by atoms with van der Waals surface area (Å²) in [5.74, 6) is 1.64. The Bertz CT molecular complexity index is 845. The number of hydrogen-bond donors (Lipinski definition) is 1. The van der Waals surface area contributed by atoms with E-state index in [1.807, 2.05) is 19.1 Å². The molecule has 4 unspecified atom stereocenters. The van der Waals surface area contributed by atoms with Gasteiger partial charge in [0.15, 0.2) is 0 Å². The minimum absolute atomic E-state index is 0.0775. The molecule has 4 atom stereocenters. The van der Waals surface area contributed by atoms with E-state index in [0.717, 1.165) is 43.1 Å². The molecule has 6 heteroatoms. The average molecular weight is 378 g/mol. The van der Waals surface area contributed by atoms with Crippen LogP contribution in [0, 0.1) is 17.3 Å². The van der Waals surface area contributed by atoms with Crippen LogP contribution in [0.25, 0.3) is 0 Å². The summed E-state index contributed by atoms with van der Waals surface area (Å²) in [6, 6.07) is 5.47. The number of rotatable bonds is 4. The maximum absolute atomic E-state index is 11.6. The number of hydrogen-bond acceptors (Lipinski definition) is 4. The normalized spacial score (nSPS) is 31.7. The molecule has 1 fully saturated rings. The second-order valence-electron chi connectivity index (χ2n) is 7.85. The van der Waals surface area contributed by atoms with E-state index in [1.165, 1.54) is 5.56 Å². The van der Waals surface area contributed by atoms with Crippen molar-refractivity contribution in [3.05, 3.63) is 41.0 Å². The molecule has 2 aliphatic rings. The van der Waals surface area contributed by atoms with E-state index < -0.39 is 10.3 Å². The molecule has 0 aromatic heterocycles. The van der Waals surface area contributed by atoms with Gasteiger partial charge < -0.3 is 4.18 Å². The van der Waals surface area contributed by atoms with Crippen molar-refractivity contribution < 1.29 is 17.4 Å². The lowest BCUT2D eigenvalue weighted by molar-refractivity contribution is -0.106. The van der Waals surface area contributed by atoms with Crippen molar-refractivity contribution in [3.8, 4) is 5.75 Å². The van der Waals surface area contributed by atoms with E-state index in [1.54, 1.807) is 12.1 Å². The Hall–Kier alpha value is -1.66. The zero-order valence-corrected chi connectivity index (χ0v) is 16.4. The Morgan fingerprint density at radius 1 is 1.35 bits per heavy atom. The minimum Gasteiger partial charge on any atom is -0.371 e. The molecule has 26 heavy (non-hydrogen) atoms. The van der Waals surface area contributed by atoms with Crippen LogP contribution in [0.4, 0.5) is 0 Å². The van der Waals surface area contributed by atoms with Gasteiger partial charge in [-0.25, -0.2) is 0 Å². The Balaban J connectivity index is 1.90. The fraction of sp³-hybridized carbons (Fsp3) is 0.550. The van der Waals surface area contributed by atoms with Gasteiger partial charge in [0, 0.05) is 0 Å². The van der Waals surface area contributed by atoms with Crippen LogP contribution in [0.1, 0.15) is 57.1 Å². The Labute approximate surface area is 155 Å².